The predicted octanol–water partition coefficient (Wildman–Crippen LogP) is 3.22. The maximum absolute atomic E-state index is 13.4. The molecule has 1 aromatic carbocycles. The standard InChI is InChI=1S/C18H16F2N4O/c19-14-6-4-12(10-15(14)20)22-11-5-7-16-13(9-11)18(25)24(23-16)17-3-1-2-8-21-17/h1-4,6,8,10-11,22,25H,5,7,9H2. The molecule has 4 rings (SSSR count). The molecule has 0 fully saturated rings. The van der Waals surface area contributed by atoms with E-state index in [1.54, 1.807) is 18.3 Å². The number of halogens is 2. The van der Waals surface area contributed by atoms with Crippen LogP contribution in [0.15, 0.2) is 42.6 Å². The Morgan fingerprint density at radius 2 is 2.04 bits per heavy atom. The van der Waals surface area contributed by atoms with Crippen LogP contribution in [0.2, 0.25) is 0 Å². The molecule has 25 heavy (non-hydrogen) atoms. The molecule has 2 aromatic heterocycles. The first-order valence-electron chi connectivity index (χ1n) is 8.04. The van der Waals surface area contributed by atoms with Crippen molar-refractivity contribution in [1.82, 2.24) is 14.8 Å². The first-order valence-corrected chi connectivity index (χ1v) is 8.04. The summed E-state index contributed by atoms with van der Waals surface area (Å²) < 4.78 is 27.8. The van der Waals surface area contributed by atoms with Gasteiger partial charge in [-0.1, -0.05) is 6.07 Å². The lowest BCUT2D eigenvalue weighted by atomic mass is 9.93. The van der Waals surface area contributed by atoms with Gasteiger partial charge >= 0.3 is 0 Å². The maximum atomic E-state index is 13.4. The van der Waals surface area contributed by atoms with Crippen molar-refractivity contribution >= 4 is 5.69 Å². The number of hydrogen-bond donors (Lipinski definition) is 2. The van der Waals surface area contributed by atoms with Gasteiger partial charge in [-0.2, -0.15) is 9.78 Å². The van der Waals surface area contributed by atoms with Crippen LogP contribution in [0.25, 0.3) is 5.82 Å². The van der Waals surface area contributed by atoms with Crippen molar-refractivity contribution in [3.63, 3.8) is 0 Å². The van der Waals surface area contributed by atoms with Crippen LogP contribution in [0.3, 0.4) is 0 Å². The highest BCUT2D eigenvalue weighted by Gasteiger charge is 2.27. The van der Waals surface area contributed by atoms with E-state index in [0.717, 1.165) is 29.8 Å². The number of pyridine rings is 1. The Morgan fingerprint density at radius 1 is 1.16 bits per heavy atom. The molecule has 1 aliphatic carbocycles. The second kappa shape index (κ2) is 6.16. The van der Waals surface area contributed by atoms with Crippen LogP contribution in [0, 0.1) is 11.6 Å². The summed E-state index contributed by atoms with van der Waals surface area (Å²) in [5.74, 6) is -1.12. The number of benzene rings is 1. The van der Waals surface area contributed by atoms with Crippen molar-refractivity contribution in [2.75, 3.05) is 5.32 Å². The van der Waals surface area contributed by atoms with E-state index in [1.807, 2.05) is 6.07 Å². The van der Waals surface area contributed by atoms with Gasteiger partial charge in [0, 0.05) is 29.6 Å². The van der Waals surface area contributed by atoms with Crippen molar-refractivity contribution in [3.8, 4) is 11.7 Å². The minimum atomic E-state index is -0.882. The second-order valence-electron chi connectivity index (χ2n) is 6.06. The van der Waals surface area contributed by atoms with E-state index < -0.39 is 11.6 Å². The third kappa shape index (κ3) is 2.93. The van der Waals surface area contributed by atoms with E-state index in [0.29, 0.717) is 24.3 Å². The Kier molecular flexibility index (Phi) is 3.83. The zero-order valence-electron chi connectivity index (χ0n) is 13.3. The SMILES string of the molecule is Oc1c2c(nn1-c1ccccn1)CCC(Nc1ccc(F)c(F)c1)C2. The number of nitrogens with one attached hydrogen (secondary N) is 1. The summed E-state index contributed by atoms with van der Waals surface area (Å²) in [5.41, 5.74) is 2.12. The Labute approximate surface area is 143 Å². The van der Waals surface area contributed by atoms with Crippen LogP contribution in [0.4, 0.5) is 14.5 Å². The summed E-state index contributed by atoms with van der Waals surface area (Å²) in [4.78, 5) is 4.21. The Hall–Kier alpha value is -2.96. The molecule has 1 aliphatic rings. The second-order valence-corrected chi connectivity index (χ2v) is 6.06. The van der Waals surface area contributed by atoms with Gasteiger partial charge in [0.05, 0.1) is 5.69 Å². The molecule has 2 N–H and O–H groups in total. The van der Waals surface area contributed by atoms with Crippen molar-refractivity contribution in [2.45, 2.75) is 25.3 Å². The largest absolute Gasteiger partial charge is 0.493 e. The molecule has 0 spiro atoms. The molecule has 0 saturated heterocycles. The molecule has 1 atom stereocenters. The van der Waals surface area contributed by atoms with Gasteiger partial charge in [0.2, 0.25) is 5.88 Å². The van der Waals surface area contributed by atoms with Crippen molar-refractivity contribution in [2.24, 2.45) is 0 Å². The number of nitrogens with zero attached hydrogens (tertiary/aromatic N) is 3. The number of fused-ring (bicyclic) bond motifs is 1. The smallest absolute Gasteiger partial charge is 0.219 e. The summed E-state index contributed by atoms with van der Waals surface area (Å²) in [7, 11) is 0. The van der Waals surface area contributed by atoms with Crippen LogP contribution in [0.1, 0.15) is 17.7 Å². The van der Waals surface area contributed by atoms with Crippen LogP contribution < -0.4 is 5.32 Å². The van der Waals surface area contributed by atoms with Gasteiger partial charge in [-0.15, -0.1) is 0 Å². The van der Waals surface area contributed by atoms with Gasteiger partial charge in [0.25, 0.3) is 0 Å². The van der Waals surface area contributed by atoms with Gasteiger partial charge in [0.1, 0.15) is 0 Å². The van der Waals surface area contributed by atoms with Crippen LogP contribution in [-0.2, 0) is 12.8 Å². The summed E-state index contributed by atoms with van der Waals surface area (Å²) >= 11 is 0. The normalized spacial score (nSPS) is 16.5. The minimum Gasteiger partial charge on any atom is -0.493 e. The van der Waals surface area contributed by atoms with Gasteiger partial charge < -0.3 is 10.4 Å². The fourth-order valence-electron chi connectivity index (χ4n) is 3.14. The van der Waals surface area contributed by atoms with Crippen molar-refractivity contribution < 1.29 is 13.9 Å². The molecular weight excluding hydrogens is 326 g/mol. The zero-order chi connectivity index (χ0) is 17.4. The maximum Gasteiger partial charge on any atom is 0.219 e. The number of aromatic hydroxyl groups is 1. The lowest BCUT2D eigenvalue weighted by molar-refractivity contribution is 0.424. The highest BCUT2D eigenvalue weighted by atomic mass is 19.2. The zero-order valence-corrected chi connectivity index (χ0v) is 13.3. The molecule has 5 nitrogen and oxygen atoms in total. The molecule has 0 bridgehead atoms. The number of aryl methyl sites for hydroxylation is 1. The van der Waals surface area contributed by atoms with E-state index in [9.17, 15) is 13.9 Å². The highest BCUT2D eigenvalue weighted by Crippen LogP contribution is 2.31. The predicted molar refractivity (Wildman–Crippen MR) is 88.8 cm³/mol. The van der Waals surface area contributed by atoms with E-state index in [4.69, 9.17) is 0 Å². The van der Waals surface area contributed by atoms with Gasteiger partial charge in [-0.05, 0) is 43.5 Å². The lowest BCUT2D eigenvalue weighted by Gasteiger charge is -2.23. The Balaban J connectivity index is 1.57. The number of hydrogen-bond acceptors (Lipinski definition) is 4. The average Bonchev–Trinajstić information content (AvgIpc) is 2.96. The third-order valence-corrected chi connectivity index (χ3v) is 4.38. The number of rotatable bonds is 3. The molecule has 0 aliphatic heterocycles. The monoisotopic (exact) mass is 342 g/mol. The minimum absolute atomic E-state index is 0.00430. The summed E-state index contributed by atoms with van der Waals surface area (Å²) in [6, 6.07) is 9.15. The molecule has 2 heterocycles. The van der Waals surface area contributed by atoms with E-state index in [1.165, 1.54) is 10.7 Å². The highest BCUT2D eigenvalue weighted by molar-refractivity contribution is 5.46. The molecule has 0 amide bonds. The summed E-state index contributed by atoms with van der Waals surface area (Å²) in [5, 5.41) is 18.2. The first-order chi connectivity index (χ1) is 12.1. The van der Waals surface area contributed by atoms with Gasteiger partial charge in [-0.25, -0.2) is 13.8 Å². The van der Waals surface area contributed by atoms with Crippen molar-refractivity contribution in [3.05, 3.63) is 65.5 Å². The fraction of sp³-hybridized carbons (Fsp3) is 0.222. The Bertz CT molecular complexity index is 911. The van der Waals surface area contributed by atoms with Gasteiger partial charge in [-0.3, -0.25) is 0 Å². The van der Waals surface area contributed by atoms with E-state index in [2.05, 4.69) is 15.4 Å². The molecular formula is C18H16F2N4O. The summed E-state index contributed by atoms with van der Waals surface area (Å²) in [6.07, 6.45) is 3.66. The topological polar surface area (TPSA) is 63.0 Å². The van der Waals surface area contributed by atoms with Crippen molar-refractivity contribution in [1.29, 1.82) is 0 Å². The van der Waals surface area contributed by atoms with E-state index >= 15 is 0 Å². The number of anilines is 1. The molecule has 128 valence electrons. The molecule has 1 unspecified atom stereocenters. The Morgan fingerprint density at radius 3 is 2.80 bits per heavy atom. The van der Waals surface area contributed by atoms with E-state index in [-0.39, 0.29) is 11.9 Å². The third-order valence-electron chi connectivity index (χ3n) is 4.38. The van der Waals surface area contributed by atoms with Crippen LogP contribution >= 0.6 is 0 Å². The number of aromatic nitrogens is 3. The molecule has 0 radical (unpaired) electrons. The van der Waals surface area contributed by atoms with Gasteiger partial charge in [0.15, 0.2) is 17.5 Å². The lowest BCUT2D eigenvalue weighted by Crippen LogP contribution is -2.27. The van der Waals surface area contributed by atoms with Crippen LogP contribution in [-0.4, -0.2) is 25.9 Å². The molecule has 0 saturated carbocycles. The molecule has 7 heteroatoms. The molecule has 3 aromatic rings. The quantitative estimate of drug-likeness (QED) is 0.767. The first kappa shape index (κ1) is 15.6. The summed E-state index contributed by atoms with van der Waals surface area (Å²) in [6.45, 7) is 0. The fourth-order valence-corrected chi connectivity index (χ4v) is 3.14. The van der Waals surface area contributed by atoms with Crippen LogP contribution in [0.5, 0.6) is 5.88 Å². The average molecular weight is 342 g/mol.